The summed E-state index contributed by atoms with van der Waals surface area (Å²) < 4.78 is 11.4. The summed E-state index contributed by atoms with van der Waals surface area (Å²) in [7, 11) is 0. The van der Waals surface area contributed by atoms with Crippen LogP contribution in [0.15, 0.2) is 18.2 Å². The second-order valence-electron chi connectivity index (χ2n) is 4.17. The van der Waals surface area contributed by atoms with E-state index in [1.807, 2.05) is 23.9 Å². The monoisotopic (exact) mass is 267 g/mol. The second-order valence-corrected chi connectivity index (χ2v) is 5.56. The number of rotatable bonds is 7. The van der Waals surface area contributed by atoms with Gasteiger partial charge in [-0.2, -0.15) is 11.8 Å². The standard InChI is InChI=1S/C14H21NO2S/c1-3-15-13-10-17-14-9-11(5-6-12(13)14)16-7-8-18-4-2/h5-6,9,13,15H,3-4,7-8,10H2,1-2H3. The largest absolute Gasteiger partial charge is 0.493 e. The molecule has 0 fully saturated rings. The molecule has 1 aromatic rings. The molecule has 0 radical (unpaired) electrons. The third kappa shape index (κ3) is 3.33. The molecule has 1 aliphatic heterocycles. The Kier molecular flexibility index (Phi) is 5.20. The lowest BCUT2D eigenvalue weighted by Crippen LogP contribution is -2.21. The summed E-state index contributed by atoms with van der Waals surface area (Å²) in [6, 6.07) is 6.48. The van der Waals surface area contributed by atoms with E-state index in [0.717, 1.165) is 42.8 Å². The zero-order valence-corrected chi connectivity index (χ0v) is 11.9. The third-order valence-electron chi connectivity index (χ3n) is 2.92. The molecule has 0 aliphatic carbocycles. The summed E-state index contributed by atoms with van der Waals surface area (Å²) in [6.45, 7) is 6.71. The molecule has 0 saturated carbocycles. The van der Waals surface area contributed by atoms with E-state index in [0.29, 0.717) is 6.04 Å². The number of ether oxygens (including phenoxy) is 2. The van der Waals surface area contributed by atoms with Gasteiger partial charge in [0.2, 0.25) is 0 Å². The minimum absolute atomic E-state index is 0.328. The van der Waals surface area contributed by atoms with Gasteiger partial charge in [0.1, 0.15) is 18.1 Å². The van der Waals surface area contributed by atoms with Gasteiger partial charge in [0.15, 0.2) is 0 Å². The molecule has 1 unspecified atom stereocenters. The molecule has 0 saturated heterocycles. The van der Waals surface area contributed by atoms with Crippen LogP contribution in [0.1, 0.15) is 25.5 Å². The smallest absolute Gasteiger partial charge is 0.127 e. The maximum absolute atomic E-state index is 5.71. The first-order chi connectivity index (χ1) is 8.85. The van der Waals surface area contributed by atoms with Crippen LogP contribution < -0.4 is 14.8 Å². The summed E-state index contributed by atoms with van der Waals surface area (Å²) in [5.74, 6) is 4.04. The molecule has 1 N–H and O–H groups in total. The van der Waals surface area contributed by atoms with Crippen LogP contribution in [0.5, 0.6) is 11.5 Å². The van der Waals surface area contributed by atoms with Crippen LogP contribution in [-0.2, 0) is 0 Å². The van der Waals surface area contributed by atoms with Crippen LogP contribution in [0.25, 0.3) is 0 Å². The van der Waals surface area contributed by atoms with Gasteiger partial charge < -0.3 is 14.8 Å². The highest BCUT2D eigenvalue weighted by Crippen LogP contribution is 2.35. The number of hydrogen-bond donors (Lipinski definition) is 1. The Morgan fingerprint density at radius 3 is 3.11 bits per heavy atom. The molecule has 0 bridgehead atoms. The lowest BCUT2D eigenvalue weighted by atomic mass is 10.1. The Hall–Kier alpha value is -0.870. The van der Waals surface area contributed by atoms with E-state index in [2.05, 4.69) is 25.2 Å². The fraction of sp³-hybridized carbons (Fsp3) is 0.571. The van der Waals surface area contributed by atoms with Gasteiger partial charge in [-0.1, -0.05) is 13.8 Å². The number of likely N-dealkylation sites (N-methyl/N-ethyl adjacent to an activating group) is 1. The average Bonchev–Trinajstić information content (AvgIpc) is 2.78. The van der Waals surface area contributed by atoms with Gasteiger partial charge in [-0.15, -0.1) is 0 Å². The van der Waals surface area contributed by atoms with Gasteiger partial charge in [-0.3, -0.25) is 0 Å². The Morgan fingerprint density at radius 2 is 2.33 bits per heavy atom. The molecule has 100 valence electrons. The van der Waals surface area contributed by atoms with Crippen molar-refractivity contribution >= 4 is 11.8 Å². The van der Waals surface area contributed by atoms with Crippen molar-refractivity contribution in [1.29, 1.82) is 0 Å². The van der Waals surface area contributed by atoms with E-state index in [4.69, 9.17) is 9.47 Å². The first kappa shape index (κ1) is 13.6. The van der Waals surface area contributed by atoms with Gasteiger partial charge in [0.05, 0.1) is 12.6 Å². The van der Waals surface area contributed by atoms with Crippen LogP contribution in [0.3, 0.4) is 0 Å². The fourth-order valence-electron chi connectivity index (χ4n) is 2.06. The Bertz CT molecular complexity index is 384. The van der Waals surface area contributed by atoms with E-state index in [1.54, 1.807) is 0 Å². The minimum atomic E-state index is 0.328. The quantitative estimate of drug-likeness (QED) is 0.770. The summed E-state index contributed by atoms with van der Waals surface area (Å²) in [6.07, 6.45) is 0. The van der Waals surface area contributed by atoms with E-state index >= 15 is 0 Å². The third-order valence-corrected chi connectivity index (χ3v) is 3.78. The Labute approximate surface area is 113 Å². The van der Waals surface area contributed by atoms with Crippen molar-refractivity contribution in [1.82, 2.24) is 5.32 Å². The lowest BCUT2D eigenvalue weighted by molar-refractivity contribution is 0.309. The number of thioether (sulfide) groups is 1. The summed E-state index contributed by atoms with van der Waals surface area (Å²) in [5.41, 5.74) is 1.24. The summed E-state index contributed by atoms with van der Waals surface area (Å²) in [5, 5.41) is 3.41. The summed E-state index contributed by atoms with van der Waals surface area (Å²) in [4.78, 5) is 0. The fourth-order valence-corrected chi connectivity index (χ4v) is 2.55. The van der Waals surface area contributed by atoms with E-state index in [1.165, 1.54) is 5.56 Å². The average molecular weight is 267 g/mol. The van der Waals surface area contributed by atoms with Gasteiger partial charge >= 0.3 is 0 Å². The van der Waals surface area contributed by atoms with Gasteiger partial charge in [0.25, 0.3) is 0 Å². The van der Waals surface area contributed by atoms with Crippen molar-refractivity contribution in [3.63, 3.8) is 0 Å². The van der Waals surface area contributed by atoms with Crippen molar-refractivity contribution in [2.24, 2.45) is 0 Å². The predicted molar refractivity (Wildman–Crippen MR) is 76.8 cm³/mol. The van der Waals surface area contributed by atoms with Crippen LogP contribution >= 0.6 is 11.8 Å². The van der Waals surface area contributed by atoms with Crippen molar-refractivity contribution in [2.75, 3.05) is 31.3 Å². The normalized spacial score (nSPS) is 17.3. The molecule has 18 heavy (non-hydrogen) atoms. The van der Waals surface area contributed by atoms with Gasteiger partial charge in [0, 0.05) is 17.4 Å². The molecule has 1 aromatic carbocycles. The highest BCUT2D eigenvalue weighted by molar-refractivity contribution is 7.99. The molecular formula is C14H21NO2S. The van der Waals surface area contributed by atoms with E-state index in [-0.39, 0.29) is 0 Å². The highest BCUT2D eigenvalue weighted by atomic mass is 32.2. The molecule has 2 rings (SSSR count). The summed E-state index contributed by atoms with van der Waals surface area (Å²) >= 11 is 1.89. The molecule has 0 aromatic heterocycles. The van der Waals surface area contributed by atoms with Crippen molar-refractivity contribution in [2.45, 2.75) is 19.9 Å². The molecule has 1 aliphatic rings. The van der Waals surface area contributed by atoms with Crippen LogP contribution in [-0.4, -0.2) is 31.3 Å². The zero-order chi connectivity index (χ0) is 12.8. The molecule has 0 amide bonds. The molecule has 0 spiro atoms. The van der Waals surface area contributed by atoms with Crippen molar-refractivity contribution in [3.05, 3.63) is 23.8 Å². The van der Waals surface area contributed by atoms with Crippen molar-refractivity contribution < 1.29 is 9.47 Å². The molecular weight excluding hydrogens is 246 g/mol. The second kappa shape index (κ2) is 6.90. The Morgan fingerprint density at radius 1 is 1.44 bits per heavy atom. The molecule has 1 atom stereocenters. The maximum Gasteiger partial charge on any atom is 0.127 e. The van der Waals surface area contributed by atoms with Crippen molar-refractivity contribution in [3.8, 4) is 11.5 Å². The highest BCUT2D eigenvalue weighted by Gasteiger charge is 2.23. The Balaban J connectivity index is 1.92. The first-order valence-corrected chi connectivity index (χ1v) is 7.71. The number of benzene rings is 1. The van der Waals surface area contributed by atoms with Crippen LogP contribution in [0, 0.1) is 0 Å². The van der Waals surface area contributed by atoms with Gasteiger partial charge in [-0.05, 0) is 24.4 Å². The topological polar surface area (TPSA) is 30.5 Å². The van der Waals surface area contributed by atoms with Gasteiger partial charge in [-0.25, -0.2) is 0 Å². The zero-order valence-electron chi connectivity index (χ0n) is 11.1. The molecule has 4 heteroatoms. The van der Waals surface area contributed by atoms with E-state index < -0.39 is 0 Å². The SMILES string of the molecule is CCNC1COc2cc(OCCSCC)ccc21. The number of fused-ring (bicyclic) bond motifs is 1. The minimum Gasteiger partial charge on any atom is -0.493 e. The number of hydrogen-bond acceptors (Lipinski definition) is 4. The van der Waals surface area contributed by atoms with Crippen LogP contribution in [0.2, 0.25) is 0 Å². The first-order valence-electron chi connectivity index (χ1n) is 6.55. The molecule has 3 nitrogen and oxygen atoms in total. The predicted octanol–water partition coefficient (Wildman–Crippen LogP) is 2.86. The number of nitrogens with one attached hydrogen (secondary N) is 1. The lowest BCUT2D eigenvalue weighted by Gasteiger charge is -2.10. The molecule has 1 heterocycles. The maximum atomic E-state index is 5.71. The van der Waals surface area contributed by atoms with E-state index in [9.17, 15) is 0 Å². The van der Waals surface area contributed by atoms with Crippen LogP contribution in [0.4, 0.5) is 0 Å².